The van der Waals surface area contributed by atoms with Crippen molar-refractivity contribution in [3.05, 3.63) is 11.6 Å². The molecule has 2 rings (SSSR count). The molecule has 0 amide bonds. The molecular weight excluding hydrogens is 248 g/mol. The van der Waals surface area contributed by atoms with Gasteiger partial charge in [0.25, 0.3) is 0 Å². The van der Waals surface area contributed by atoms with Gasteiger partial charge in [0.05, 0.1) is 18.1 Å². The van der Waals surface area contributed by atoms with E-state index in [0.29, 0.717) is 12.8 Å². The van der Waals surface area contributed by atoms with Crippen LogP contribution in [0.25, 0.3) is 0 Å². The molecule has 5 heteroatoms. The lowest BCUT2D eigenvalue weighted by molar-refractivity contribution is -0.166. The summed E-state index contributed by atoms with van der Waals surface area (Å²) in [6.07, 6.45) is 1.73. The Kier molecular flexibility index (Phi) is 3.31. The minimum atomic E-state index is -1.01. The van der Waals surface area contributed by atoms with Gasteiger partial charge in [-0.3, -0.25) is 9.59 Å². The van der Waals surface area contributed by atoms with Gasteiger partial charge in [-0.05, 0) is 25.7 Å². The van der Waals surface area contributed by atoms with Crippen molar-refractivity contribution >= 4 is 11.8 Å². The molecule has 2 aliphatic rings. The maximum absolute atomic E-state index is 11.9. The Hall–Kier alpha value is -1.20. The van der Waals surface area contributed by atoms with Gasteiger partial charge in [0, 0.05) is 17.4 Å². The van der Waals surface area contributed by atoms with Gasteiger partial charge in [-0.15, -0.1) is 0 Å². The molecule has 1 saturated carbocycles. The fraction of sp³-hybridized carbons (Fsp3) is 0.714. The predicted octanol–water partition coefficient (Wildman–Crippen LogP) is 0.746. The molecule has 2 aliphatic carbocycles. The minimum Gasteiger partial charge on any atom is -0.481 e. The van der Waals surface area contributed by atoms with Crippen molar-refractivity contribution < 1.29 is 24.9 Å². The predicted molar refractivity (Wildman–Crippen MR) is 67.4 cm³/mol. The first-order valence-electron chi connectivity index (χ1n) is 6.53. The standard InChI is InChI=1S/C14H20O5/c1-13(12(18)19)4-3-11(17)14(2)6-8(7-15)9(16)5-10(13)14/h6,10-11,15,17H,3-5,7H2,1-2H3,(H,18,19)/t10-,11-,13+,14+/m0/s1. The molecule has 0 aromatic heterocycles. The third-order valence-corrected chi connectivity index (χ3v) is 5.07. The van der Waals surface area contributed by atoms with E-state index in [9.17, 15) is 24.9 Å². The smallest absolute Gasteiger partial charge is 0.309 e. The zero-order chi connectivity index (χ0) is 14.4. The summed E-state index contributed by atoms with van der Waals surface area (Å²) < 4.78 is 0. The lowest BCUT2D eigenvalue weighted by atomic mass is 9.51. The van der Waals surface area contributed by atoms with Crippen LogP contribution in [0, 0.1) is 16.7 Å². The van der Waals surface area contributed by atoms with E-state index in [2.05, 4.69) is 0 Å². The quantitative estimate of drug-likeness (QED) is 0.687. The zero-order valence-electron chi connectivity index (χ0n) is 11.2. The Morgan fingerprint density at radius 2 is 2.11 bits per heavy atom. The average molecular weight is 268 g/mol. The number of fused-ring (bicyclic) bond motifs is 1. The summed E-state index contributed by atoms with van der Waals surface area (Å²) in [7, 11) is 0. The van der Waals surface area contributed by atoms with Crippen LogP contribution in [-0.4, -0.2) is 39.8 Å². The van der Waals surface area contributed by atoms with Gasteiger partial charge in [0.2, 0.25) is 0 Å². The molecule has 0 aromatic rings. The summed E-state index contributed by atoms with van der Waals surface area (Å²) in [6.45, 7) is 3.07. The monoisotopic (exact) mass is 268 g/mol. The fourth-order valence-electron chi connectivity index (χ4n) is 3.64. The number of aliphatic hydroxyl groups is 2. The van der Waals surface area contributed by atoms with Gasteiger partial charge < -0.3 is 15.3 Å². The molecule has 0 radical (unpaired) electrons. The van der Waals surface area contributed by atoms with Gasteiger partial charge in [-0.25, -0.2) is 0 Å². The molecule has 5 nitrogen and oxygen atoms in total. The topological polar surface area (TPSA) is 94.8 Å². The van der Waals surface area contributed by atoms with Crippen molar-refractivity contribution in [2.24, 2.45) is 16.7 Å². The maximum Gasteiger partial charge on any atom is 0.309 e. The summed E-state index contributed by atoms with van der Waals surface area (Å²) in [5.41, 5.74) is -1.49. The van der Waals surface area contributed by atoms with E-state index < -0.39 is 28.8 Å². The van der Waals surface area contributed by atoms with Crippen molar-refractivity contribution in [2.75, 3.05) is 6.61 Å². The second-order valence-corrected chi connectivity index (χ2v) is 6.15. The zero-order valence-corrected chi connectivity index (χ0v) is 11.2. The van der Waals surface area contributed by atoms with E-state index >= 15 is 0 Å². The van der Waals surface area contributed by atoms with Crippen LogP contribution in [0.5, 0.6) is 0 Å². The van der Waals surface area contributed by atoms with E-state index in [1.807, 2.05) is 0 Å². The first-order valence-corrected chi connectivity index (χ1v) is 6.53. The van der Waals surface area contributed by atoms with Gasteiger partial charge in [-0.1, -0.05) is 13.0 Å². The number of carbonyl (C=O) groups excluding carboxylic acids is 1. The summed E-state index contributed by atoms with van der Waals surface area (Å²) in [4.78, 5) is 23.5. The molecule has 106 valence electrons. The Morgan fingerprint density at radius 1 is 1.47 bits per heavy atom. The molecule has 3 N–H and O–H groups in total. The number of aliphatic hydroxyl groups excluding tert-OH is 2. The fourth-order valence-corrected chi connectivity index (χ4v) is 3.64. The van der Waals surface area contributed by atoms with Gasteiger partial charge in [-0.2, -0.15) is 0 Å². The van der Waals surface area contributed by atoms with Crippen molar-refractivity contribution in [2.45, 2.75) is 39.2 Å². The molecule has 1 fully saturated rings. The highest BCUT2D eigenvalue weighted by atomic mass is 16.4. The number of hydrogen-bond donors (Lipinski definition) is 3. The van der Waals surface area contributed by atoms with Crippen LogP contribution in [0.2, 0.25) is 0 Å². The van der Waals surface area contributed by atoms with E-state index in [-0.39, 0.29) is 24.4 Å². The van der Waals surface area contributed by atoms with Crippen molar-refractivity contribution in [3.63, 3.8) is 0 Å². The summed E-state index contributed by atoms with van der Waals surface area (Å²) in [5, 5.41) is 28.9. The van der Waals surface area contributed by atoms with Crippen molar-refractivity contribution in [1.29, 1.82) is 0 Å². The molecule has 0 unspecified atom stereocenters. The highest BCUT2D eigenvalue weighted by Gasteiger charge is 2.58. The molecule has 4 atom stereocenters. The number of carbonyl (C=O) groups is 2. The lowest BCUT2D eigenvalue weighted by Gasteiger charge is -2.53. The van der Waals surface area contributed by atoms with E-state index in [1.54, 1.807) is 19.9 Å². The number of hydrogen-bond acceptors (Lipinski definition) is 4. The Morgan fingerprint density at radius 3 is 2.63 bits per heavy atom. The van der Waals surface area contributed by atoms with E-state index in [4.69, 9.17) is 0 Å². The van der Waals surface area contributed by atoms with Crippen LogP contribution in [0.15, 0.2) is 11.6 Å². The van der Waals surface area contributed by atoms with E-state index in [1.165, 1.54) is 0 Å². The highest BCUT2D eigenvalue weighted by molar-refractivity contribution is 5.97. The second-order valence-electron chi connectivity index (χ2n) is 6.15. The molecular formula is C14H20O5. The average Bonchev–Trinajstić information content (AvgIpc) is 2.36. The van der Waals surface area contributed by atoms with Crippen LogP contribution in [0.1, 0.15) is 33.1 Å². The molecule has 0 saturated heterocycles. The van der Waals surface area contributed by atoms with Crippen LogP contribution in [0.4, 0.5) is 0 Å². The second kappa shape index (κ2) is 4.42. The molecule has 0 aromatic carbocycles. The summed E-state index contributed by atoms with van der Waals surface area (Å²) >= 11 is 0. The Balaban J connectivity index is 2.52. The third-order valence-electron chi connectivity index (χ3n) is 5.07. The van der Waals surface area contributed by atoms with Gasteiger partial charge in [0.15, 0.2) is 5.78 Å². The third kappa shape index (κ3) is 1.92. The van der Waals surface area contributed by atoms with Crippen LogP contribution in [-0.2, 0) is 9.59 Å². The molecule has 0 spiro atoms. The Labute approximate surface area is 111 Å². The largest absolute Gasteiger partial charge is 0.481 e. The van der Waals surface area contributed by atoms with E-state index in [0.717, 1.165) is 0 Å². The molecule has 0 aliphatic heterocycles. The van der Waals surface area contributed by atoms with Crippen LogP contribution in [0.3, 0.4) is 0 Å². The number of rotatable bonds is 2. The molecule has 0 bridgehead atoms. The van der Waals surface area contributed by atoms with Crippen LogP contribution >= 0.6 is 0 Å². The summed E-state index contributed by atoms with van der Waals surface area (Å²) in [6, 6.07) is 0. The number of Topliss-reactive ketones (excluding diaryl/α,β-unsaturated/α-hetero) is 1. The first-order chi connectivity index (χ1) is 8.75. The number of ketones is 1. The van der Waals surface area contributed by atoms with Crippen molar-refractivity contribution in [3.8, 4) is 0 Å². The minimum absolute atomic E-state index is 0.0722. The normalized spacial score (nSPS) is 42.5. The molecule has 0 heterocycles. The van der Waals surface area contributed by atoms with Crippen molar-refractivity contribution in [1.82, 2.24) is 0 Å². The maximum atomic E-state index is 11.9. The van der Waals surface area contributed by atoms with Crippen LogP contribution < -0.4 is 0 Å². The van der Waals surface area contributed by atoms with Gasteiger partial charge in [0.1, 0.15) is 0 Å². The first kappa shape index (κ1) is 14.2. The Bertz CT molecular complexity index is 455. The number of aliphatic carboxylic acids is 1. The number of carboxylic acid groups (broad SMARTS) is 1. The molecule has 19 heavy (non-hydrogen) atoms. The summed E-state index contributed by atoms with van der Waals surface area (Å²) in [5.74, 6) is -1.58. The highest BCUT2D eigenvalue weighted by Crippen LogP contribution is 2.56. The van der Waals surface area contributed by atoms with Gasteiger partial charge >= 0.3 is 5.97 Å². The number of carboxylic acids is 1. The SMILES string of the molecule is C[C@@]12C=C(CO)C(=O)C[C@H]1[C@](C)(C(=O)O)CC[C@@H]2O. The lowest BCUT2D eigenvalue weighted by Crippen LogP contribution is -2.56.